The average molecular weight is 166 g/mol. The second kappa shape index (κ2) is 2.75. The quantitative estimate of drug-likeness (QED) is 0.558. The third-order valence-electron chi connectivity index (χ3n) is 4.75. The monoisotopic (exact) mass is 166 g/mol. The molecule has 0 spiro atoms. The molecule has 0 radical (unpaired) electrons. The van der Waals surface area contributed by atoms with Crippen molar-refractivity contribution in [2.45, 2.75) is 40.5 Å². The summed E-state index contributed by atoms with van der Waals surface area (Å²) >= 11 is 0. The highest BCUT2D eigenvalue weighted by Gasteiger charge is 2.54. The molecule has 0 N–H and O–H groups in total. The van der Waals surface area contributed by atoms with E-state index in [1.807, 2.05) is 0 Å². The predicted octanol–water partition coefficient (Wildman–Crippen LogP) is 3.57. The summed E-state index contributed by atoms with van der Waals surface area (Å²) < 4.78 is 0. The fourth-order valence-corrected chi connectivity index (χ4v) is 4.37. The molecule has 2 aliphatic rings. The van der Waals surface area contributed by atoms with Crippen LogP contribution in [0.1, 0.15) is 40.5 Å². The molecule has 2 saturated carbocycles. The molecule has 0 aromatic heterocycles. The van der Waals surface area contributed by atoms with Gasteiger partial charge in [-0.3, -0.25) is 0 Å². The first-order valence-corrected chi connectivity index (χ1v) is 5.66. The maximum absolute atomic E-state index is 2.48. The third-order valence-corrected chi connectivity index (χ3v) is 4.75. The zero-order valence-corrected chi connectivity index (χ0v) is 8.88. The van der Waals surface area contributed by atoms with Crippen molar-refractivity contribution in [3.63, 3.8) is 0 Å². The molecule has 0 bridgehead atoms. The molecular formula is C12H22. The van der Waals surface area contributed by atoms with Gasteiger partial charge in [0, 0.05) is 0 Å². The molecule has 6 atom stereocenters. The summed E-state index contributed by atoms with van der Waals surface area (Å²) in [7, 11) is 0. The Morgan fingerprint density at radius 2 is 1.58 bits per heavy atom. The number of hydrogen-bond donors (Lipinski definition) is 0. The van der Waals surface area contributed by atoms with E-state index < -0.39 is 0 Å². The lowest BCUT2D eigenvalue weighted by Gasteiger charge is -2.50. The minimum atomic E-state index is 1.02. The van der Waals surface area contributed by atoms with E-state index in [1.54, 1.807) is 0 Å². The molecule has 0 aliphatic heterocycles. The highest BCUT2D eigenvalue weighted by Crippen LogP contribution is 2.60. The Morgan fingerprint density at radius 1 is 1.00 bits per heavy atom. The van der Waals surface area contributed by atoms with Crippen molar-refractivity contribution in [1.82, 2.24) is 0 Å². The summed E-state index contributed by atoms with van der Waals surface area (Å²) in [6, 6.07) is 0. The van der Waals surface area contributed by atoms with Gasteiger partial charge in [-0.05, 0) is 41.9 Å². The van der Waals surface area contributed by atoms with Crippen LogP contribution in [0.15, 0.2) is 0 Å². The van der Waals surface area contributed by atoms with Gasteiger partial charge < -0.3 is 0 Å². The van der Waals surface area contributed by atoms with Crippen LogP contribution in [-0.4, -0.2) is 0 Å². The van der Waals surface area contributed by atoms with Crippen molar-refractivity contribution < 1.29 is 0 Å². The molecule has 0 aromatic carbocycles. The highest BCUT2D eigenvalue weighted by atomic mass is 14.6. The van der Waals surface area contributed by atoms with Gasteiger partial charge in [-0.15, -0.1) is 0 Å². The van der Waals surface area contributed by atoms with E-state index in [0.29, 0.717) is 0 Å². The van der Waals surface area contributed by atoms with Gasteiger partial charge >= 0.3 is 0 Å². The second-order valence-electron chi connectivity index (χ2n) is 5.28. The lowest BCUT2D eigenvalue weighted by Crippen LogP contribution is -2.45. The van der Waals surface area contributed by atoms with Crippen LogP contribution in [0.3, 0.4) is 0 Å². The summed E-state index contributed by atoms with van der Waals surface area (Å²) in [4.78, 5) is 0. The van der Waals surface area contributed by atoms with Crippen LogP contribution in [0.5, 0.6) is 0 Å². The van der Waals surface area contributed by atoms with E-state index >= 15 is 0 Å². The Labute approximate surface area is 76.7 Å². The Morgan fingerprint density at radius 3 is 2.17 bits per heavy atom. The molecular weight excluding hydrogens is 144 g/mol. The van der Waals surface area contributed by atoms with Crippen LogP contribution in [0.4, 0.5) is 0 Å². The molecule has 0 heterocycles. The molecule has 0 heteroatoms. The van der Waals surface area contributed by atoms with E-state index in [1.165, 1.54) is 12.8 Å². The van der Waals surface area contributed by atoms with Gasteiger partial charge in [-0.2, -0.15) is 0 Å². The molecule has 12 heavy (non-hydrogen) atoms. The normalized spacial score (nSPS) is 58.0. The Balaban J connectivity index is 2.11. The SMILES string of the molecule is CCC1C(C)C2C(C)CC(C)C12. The van der Waals surface area contributed by atoms with Gasteiger partial charge in [0.2, 0.25) is 0 Å². The second-order valence-corrected chi connectivity index (χ2v) is 5.28. The Kier molecular flexibility index (Phi) is 1.97. The van der Waals surface area contributed by atoms with Gasteiger partial charge in [0.25, 0.3) is 0 Å². The minimum Gasteiger partial charge on any atom is -0.0651 e. The maximum Gasteiger partial charge on any atom is -0.0324 e. The summed E-state index contributed by atoms with van der Waals surface area (Å²) in [6.45, 7) is 9.77. The van der Waals surface area contributed by atoms with Crippen LogP contribution in [0.25, 0.3) is 0 Å². The molecule has 70 valence electrons. The van der Waals surface area contributed by atoms with Crippen molar-refractivity contribution >= 4 is 0 Å². The number of fused-ring (bicyclic) bond motifs is 1. The summed E-state index contributed by atoms with van der Waals surface area (Å²) in [5, 5.41) is 0. The van der Waals surface area contributed by atoms with Crippen molar-refractivity contribution in [1.29, 1.82) is 0 Å². The van der Waals surface area contributed by atoms with Crippen LogP contribution in [-0.2, 0) is 0 Å². The van der Waals surface area contributed by atoms with Crippen LogP contribution < -0.4 is 0 Å². The lowest BCUT2D eigenvalue weighted by molar-refractivity contribution is -0.0245. The highest BCUT2D eigenvalue weighted by molar-refractivity contribution is 5.03. The van der Waals surface area contributed by atoms with Gasteiger partial charge in [0.05, 0.1) is 0 Å². The third kappa shape index (κ3) is 0.900. The molecule has 2 fully saturated rings. The predicted molar refractivity (Wildman–Crippen MR) is 52.9 cm³/mol. The van der Waals surface area contributed by atoms with Crippen LogP contribution in [0.2, 0.25) is 0 Å². The van der Waals surface area contributed by atoms with Gasteiger partial charge in [0.1, 0.15) is 0 Å². The summed E-state index contributed by atoms with van der Waals surface area (Å²) in [5.74, 6) is 6.31. The van der Waals surface area contributed by atoms with Crippen molar-refractivity contribution in [3.05, 3.63) is 0 Å². The van der Waals surface area contributed by atoms with Crippen LogP contribution in [0, 0.1) is 35.5 Å². The fraction of sp³-hybridized carbons (Fsp3) is 1.00. The van der Waals surface area contributed by atoms with Crippen LogP contribution >= 0.6 is 0 Å². The Bertz CT molecular complexity index is 173. The maximum atomic E-state index is 2.48. The van der Waals surface area contributed by atoms with Gasteiger partial charge in [-0.25, -0.2) is 0 Å². The van der Waals surface area contributed by atoms with E-state index in [4.69, 9.17) is 0 Å². The van der Waals surface area contributed by atoms with E-state index in [0.717, 1.165) is 35.5 Å². The van der Waals surface area contributed by atoms with E-state index in [9.17, 15) is 0 Å². The standard InChI is InChI=1S/C12H22/c1-5-10-9(4)11-7(2)6-8(3)12(10)11/h7-12H,5-6H2,1-4H3. The zero-order chi connectivity index (χ0) is 8.88. The molecule has 0 amide bonds. The lowest BCUT2D eigenvalue weighted by atomic mass is 9.55. The van der Waals surface area contributed by atoms with Crippen molar-refractivity contribution in [2.24, 2.45) is 35.5 Å². The average Bonchev–Trinajstić information content (AvgIpc) is 2.23. The first-order valence-electron chi connectivity index (χ1n) is 5.66. The summed E-state index contributed by atoms with van der Waals surface area (Å²) in [5.41, 5.74) is 0. The number of hydrogen-bond acceptors (Lipinski definition) is 0. The molecule has 0 nitrogen and oxygen atoms in total. The summed E-state index contributed by atoms with van der Waals surface area (Å²) in [6.07, 6.45) is 2.91. The Hall–Kier alpha value is 0. The van der Waals surface area contributed by atoms with Gasteiger partial charge in [-0.1, -0.05) is 34.1 Å². The first-order chi connectivity index (χ1) is 5.66. The molecule has 2 rings (SSSR count). The topological polar surface area (TPSA) is 0 Å². The smallest absolute Gasteiger partial charge is 0.0324 e. The largest absolute Gasteiger partial charge is 0.0651 e. The molecule has 0 saturated heterocycles. The van der Waals surface area contributed by atoms with Crippen molar-refractivity contribution in [2.75, 3.05) is 0 Å². The molecule has 2 aliphatic carbocycles. The minimum absolute atomic E-state index is 1.02. The van der Waals surface area contributed by atoms with Gasteiger partial charge in [0.15, 0.2) is 0 Å². The zero-order valence-electron chi connectivity index (χ0n) is 8.88. The number of rotatable bonds is 1. The fourth-order valence-electron chi connectivity index (χ4n) is 4.37. The molecule has 6 unspecified atom stereocenters. The van der Waals surface area contributed by atoms with Crippen molar-refractivity contribution in [3.8, 4) is 0 Å². The molecule has 0 aromatic rings. The van der Waals surface area contributed by atoms with E-state index in [-0.39, 0.29) is 0 Å². The first kappa shape index (κ1) is 8.59. The van der Waals surface area contributed by atoms with E-state index in [2.05, 4.69) is 27.7 Å².